The molecular formula is C22H36O2. The molecule has 0 unspecified atom stereocenters. The van der Waals surface area contributed by atoms with Gasteiger partial charge in [0.25, 0.3) is 0 Å². The largest absolute Gasteiger partial charge is 0.454 e. The van der Waals surface area contributed by atoms with Crippen molar-refractivity contribution in [3.8, 4) is 11.5 Å². The number of rotatable bonds is 0. The highest BCUT2D eigenvalue weighted by molar-refractivity contribution is 5.47. The van der Waals surface area contributed by atoms with Crippen LogP contribution in [0.15, 0.2) is 42.5 Å². The molecular weight excluding hydrogens is 296 g/mol. The average molecular weight is 333 g/mol. The van der Waals surface area contributed by atoms with Crippen LogP contribution in [0.1, 0.15) is 58.2 Å². The molecule has 0 spiro atoms. The van der Waals surface area contributed by atoms with Crippen molar-refractivity contribution in [1.29, 1.82) is 0 Å². The van der Waals surface area contributed by atoms with Crippen LogP contribution >= 0.6 is 0 Å². The second-order valence-corrected chi connectivity index (χ2v) is 4.46. The van der Waals surface area contributed by atoms with Crippen molar-refractivity contribution in [2.45, 2.75) is 62.3 Å². The van der Waals surface area contributed by atoms with Gasteiger partial charge in [0.05, 0.1) is 0 Å². The molecule has 1 aliphatic heterocycles. The summed E-state index contributed by atoms with van der Waals surface area (Å²) in [6, 6.07) is 14.4. The van der Waals surface area contributed by atoms with Crippen LogP contribution in [0.4, 0.5) is 0 Å². The molecule has 0 fully saturated rings. The van der Waals surface area contributed by atoms with Gasteiger partial charge in [-0.05, 0) is 32.4 Å². The van der Waals surface area contributed by atoms with Gasteiger partial charge in [-0.1, -0.05) is 89.1 Å². The number of aryl methyl sites for hydroxylation is 3. The van der Waals surface area contributed by atoms with Gasteiger partial charge in [0.1, 0.15) is 0 Å². The molecule has 0 amide bonds. The van der Waals surface area contributed by atoms with Gasteiger partial charge in [-0.15, -0.1) is 0 Å². The zero-order valence-electron chi connectivity index (χ0n) is 17.1. The lowest BCUT2D eigenvalue weighted by Crippen LogP contribution is -1.93. The van der Waals surface area contributed by atoms with Crippen molar-refractivity contribution < 1.29 is 9.47 Å². The van der Waals surface area contributed by atoms with Crippen molar-refractivity contribution in [2.24, 2.45) is 0 Å². The molecule has 0 aliphatic carbocycles. The summed E-state index contributed by atoms with van der Waals surface area (Å²) in [4.78, 5) is 0. The molecule has 136 valence electrons. The van der Waals surface area contributed by atoms with Crippen molar-refractivity contribution in [3.05, 3.63) is 59.2 Å². The molecule has 0 bridgehead atoms. The Morgan fingerprint density at radius 3 is 1.50 bits per heavy atom. The number of ether oxygens (including phenoxy) is 2. The van der Waals surface area contributed by atoms with E-state index >= 15 is 0 Å². The molecule has 0 atom stereocenters. The fraction of sp³-hybridized carbons (Fsp3) is 0.455. The maximum absolute atomic E-state index is 5.21. The Morgan fingerprint density at radius 1 is 0.625 bits per heavy atom. The number of benzene rings is 2. The highest BCUT2D eigenvalue weighted by Crippen LogP contribution is 2.34. The molecule has 2 nitrogen and oxygen atoms in total. The lowest BCUT2D eigenvalue weighted by molar-refractivity contribution is 0.173. The van der Waals surface area contributed by atoms with E-state index in [1.165, 1.54) is 11.1 Å². The van der Waals surface area contributed by atoms with Gasteiger partial charge in [-0.3, -0.25) is 0 Å². The second kappa shape index (κ2) is 15.9. The molecule has 0 saturated heterocycles. The molecule has 1 heterocycles. The van der Waals surface area contributed by atoms with Crippen LogP contribution in [-0.4, -0.2) is 6.79 Å². The Bertz CT molecular complexity index is 495. The van der Waals surface area contributed by atoms with Crippen molar-refractivity contribution in [2.75, 3.05) is 6.79 Å². The number of para-hydroxylation sites is 1. The van der Waals surface area contributed by atoms with Crippen LogP contribution < -0.4 is 9.47 Å². The van der Waals surface area contributed by atoms with E-state index in [4.69, 9.17) is 9.47 Å². The van der Waals surface area contributed by atoms with Gasteiger partial charge in [0, 0.05) is 0 Å². The van der Waals surface area contributed by atoms with Crippen LogP contribution in [0.5, 0.6) is 11.5 Å². The molecule has 0 aromatic heterocycles. The Kier molecular flexibility index (Phi) is 16.1. The van der Waals surface area contributed by atoms with E-state index in [2.05, 4.69) is 38.1 Å². The average Bonchev–Trinajstić information content (AvgIpc) is 3.14. The summed E-state index contributed by atoms with van der Waals surface area (Å²) in [6.07, 6.45) is 0. The zero-order valence-corrected chi connectivity index (χ0v) is 17.1. The molecule has 1 aliphatic rings. The van der Waals surface area contributed by atoms with Crippen molar-refractivity contribution in [1.82, 2.24) is 0 Å². The van der Waals surface area contributed by atoms with Crippen LogP contribution in [0, 0.1) is 20.8 Å². The summed E-state index contributed by atoms with van der Waals surface area (Å²) < 4.78 is 10.4. The fourth-order valence-electron chi connectivity index (χ4n) is 1.71. The van der Waals surface area contributed by atoms with Gasteiger partial charge in [-0.2, -0.15) is 0 Å². The summed E-state index contributed by atoms with van der Waals surface area (Å²) in [5.74, 6) is 1.75. The topological polar surface area (TPSA) is 18.5 Å². The second-order valence-electron chi connectivity index (χ2n) is 4.46. The van der Waals surface area contributed by atoms with E-state index < -0.39 is 0 Å². The Labute approximate surface area is 149 Å². The van der Waals surface area contributed by atoms with Gasteiger partial charge < -0.3 is 9.47 Å². The maximum atomic E-state index is 5.21. The van der Waals surface area contributed by atoms with Crippen molar-refractivity contribution in [3.63, 3.8) is 0 Å². The Balaban J connectivity index is 0. The molecule has 2 aromatic rings. The molecule has 0 radical (unpaired) electrons. The predicted molar refractivity (Wildman–Crippen MR) is 107 cm³/mol. The normalized spacial score (nSPS) is 9.54. The summed E-state index contributed by atoms with van der Waals surface area (Å²) in [7, 11) is 0. The summed E-state index contributed by atoms with van der Waals surface area (Å²) in [5.41, 5.74) is 3.79. The third-order valence-electron chi connectivity index (χ3n) is 2.81. The summed E-state index contributed by atoms with van der Waals surface area (Å²) in [6.45, 7) is 18.6. The van der Waals surface area contributed by atoms with Gasteiger partial charge in [0.15, 0.2) is 11.5 Å². The van der Waals surface area contributed by atoms with E-state index in [1.54, 1.807) is 0 Å². The first-order valence-corrected chi connectivity index (χ1v) is 9.05. The number of fused-ring (bicyclic) bond motifs is 1. The van der Waals surface area contributed by atoms with E-state index in [0.717, 1.165) is 17.1 Å². The minimum atomic E-state index is 0.361. The SMILES string of the molecule is CC.CC.CC.Cc1ccc(C)cc1.Cc1cccc2c1OCO2. The van der Waals surface area contributed by atoms with Crippen molar-refractivity contribution >= 4 is 0 Å². The molecule has 2 aromatic carbocycles. The highest BCUT2D eigenvalue weighted by Gasteiger charge is 2.13. The van der Waals surface area contributed by atoms with Crippen LogP contribution in [0.3, 0.4) is 0 Å². The molecule has 0 saturated carbocycles. The highest BCUT2D eigenvalue weighted by atomic mass is 16.7. The van der Waals surface area contributed by atoms with Gasteiger partial charge in [0.2, 0.25) is 6.79 Å². The lowest BCUT2D eigenvalue weighted by atomic mass is 10.2. The third kappa shape index (κ3) is 9.24. The first-order chi connectivity index (χ1) is 11.7. The minimum Gasteiger partial charge on any atom is -0.454 e. The third-order valence-corrected chi connectivity index (χ3v) is 2.81. The quantitative estimate of drug-likeness (QED) is 0.512. The molecule has 0 N–H and O–H groups in total. The van der Waals surface area contributed by atoms with Crippen LogP contribution in [0.25, 0.3) is 0 Å². The van der Waals surface area contributed by atoms with E-state index in [9.17, 15) is 0 Å². The molecule has 2 heteroatoms. The monoisotopic (exact) mass is 332 g/mol. The fourth-order valence-corrected chi connectivity index (χ4v) is 1.71. The number of hydrogen-bond acceptors (Lipinski definition) is 2. The number of hydrogen-bond donors (Lipinski definition) is 0. The molecule has 24 heavy (non-hydrogen) atoms. The minimum absolute atomic E-state index is 0.361. The van der Waals surface area contributed by atoms with E-state index in [-0.39, 0.29) is 0 Å². The maximum Gasteiger partial charge on any atom is 0.231 e. The van der Waals surface area contributed by atoms with Gasteiger partial charge >= 0.3 is 0 Å². The molecule has 3 rings (SSSR count). The zero-order chi connectivity index (χ0) is 19.0. The standard InChI is InChI=1S/C8H8O2.C8H10.3C2H6/c1-6-3-2-4-7-8(6)10-5-9-7;1-7-3-5-8(2)6-4-7;3*1-2/h2-4H,5H2,1H3;3-6H,1-2H3;3*1-2H3. The predicted octanol–water partition coefficient (Wildman–Crippen LogP) is 7.11. The first kappa shape index (κ1) is 24.3. The lowest BCUT2D eigenvalue weighted by Gasteiger charge is -1.96. The smallest absolute Gasteiger partial charge is 0.231 e. The van der Waals surface area contributed by atoms with Crippen LogP contribution in [0.2, 0.25) is 0 Å². The van der Waals surface area contributed by atoms with E-state index in [1.807, 2.05) is 66.7 Å². The van der Waals surface area contributed by atoms with Gasteiger partial charge in [-0.25, -0.2) is 0 Å². The summed E-state index contributed by atoms with van der Waals surface area (Å²) >= 11 is 0. The first-order valence-electron chi connectivity index (χ1n) is 9.05. The van der Waals surface area contributed by atoms with Crippen LogP contribution in [-0.2, 0) is 0 Å². The summed E-state index contributed by atoms with van der Waals surface area (Å²) in [5, 5.41) is 0. The Morgan fingerprint density at radius 2 is 1.08 bits per heavy atom. The Hall–Kier alpha value is -1.96. The van der Waals surface area contributed by atoms with E-state index in [0.29, 0.717) is 6.79 Å².